The Morgan fingerprint density at radius 2 is 1.86 bits per heavy atom. The summed E-state index contributed by atoms with van der Waals surface area (Å²) in [6, 6.07) is 0.631. The molecule has 0 radical (unpaired) electrons. The lowest BCUT2D eigenvalue weighted by Gasteiger charge is -2.53. The first kappa shape index (κ1) is 19.9. The summed E-state index contributed by atoms with van der Waals surface area (Å²) in [5.41, 5.74) is 0.741. The van der Waals surface area contributed by atoms with E-state index < -0.39 is 0 Å². The molecule has 0 spiro atoms. The highest BCUT2D eigenvalue weighted by Crippen LogP contribution is 2.39. The highest BCUT2D eigenvalue weighted by molar-refractivity contribution is 4.97. The molecule has 3 heteroatoms. The second-order valence-electron chi connectivity index (χ2n) is 8.11. The molecule has 0 aromatic rings. The first-order valence-corrected chi connectivity index (χ1v) is 9.42. The van der Waals surface area contributed by atoms with Gasteiger partial charge in [0, 0.05) is 23.7 Å². The van der Waals surface area contributed by atoms with Crippen molar-refractivity contribution in [3.63, 3.8) is 0 Å². The molecular weight excluding hydrogens is 270 g/mol. The van der Waals surface area contributed by atoms with Gasteiger partial charge in [-0.25, -0.2) is 0 Å². The highest BCUT2D eigenvalue weighted by atomic mass is 15.2. The largest absolute Gasteiger partial charge is 0.316 e. The van der Waals surface area contributed by atoms with Crippen molar-refractivity contribution in [2.45, 2.75) is 90.3 Å². The first-order chi connectivity index (χ1) is 10.3. The number of hydrogen-bond acceptors (Lipinski definition) is 3. The molecule has 1 aliphatic rings. The third-order valence-electron chi connectivity index (χ3n) is 6.24. The summed E-state index contributed by atoms with van der Waals surface area (Å²) in [7, 11) is 4.42. The lowest BCUT2D eigenvalue weighted by Crippen LogP contribution is -2.57. The molecule has 0 saturated carbocycles. The Morgan fingerprint density at radius 1 is 1.18 bits per heavy atom. The lowest BCUT2D eigenvalue weighted by molar-refractivity contribution is -0.0207. The molecule has 1 heterocycles. The number of likely N-dealkylation sites (N-methyl/N-ethyl adjacent to an activating group) is 2. The lowest BCUT2D eigenvalue weighted by atomic mass is 9.77. The molecule has 2 atom stereocenters. The average Bonchev–Trinajstić information content (AvgIpc) is 2.48. The first-order valence-electron chi connectivity index (χ1n) is 9.42. The topological polar surface area (TPSA) is 18.5 Å². The van der Waals surface area contributed by atoms with E-state index in [1.165, 1.54) is 51.6 Å². The fraction of sp³-hybridized carbons (Fsp3) is 1.00. The number of nitrogens with one attached hydrogen (secondary N) is 1. The molecule has 0 aliphatic carbocycles. The van der Waals surface area contributed by atoms with Gasteiger partial charge in [-0.3, -0.25) is 4.90 Å². The van der Waals surface area contributed by atoms with E-state index in [0.717, 1.165) is 6.54 Å². The predicted octanol–water partition coefficient (Wildman–Crippen LogP) is 3.74. The standard InChI is InChI=1S/C19H41N3/c1-8-17(20-6)16-22(9-2)15-11-14-19(5)13-10-12-18(3,4)21(19)7/h17,20H,8-16H2,1-7H3. The Hall–Kier alpha value is -0.120. The van der Waals surface area contributed by atoms with Gasteiger partial charge in [0.05, 0.1) is 0 Å². The monoisotopic (exact) mass is 311 g/mol. The van der Waals surface area contributed by atoms with Crippen molar-refractivity contribution in [3.8, 4) is 0 Å². The Kier molecular flexibility index (Phi) is 7.84. The molecule has 1 aliphatic heterocycles. The summed E-state index contributed by atoms with van der Waals surface area (Å²) in [5, 5.41) is 3.43. The quantitative estimate of drug-likeness (QED) is 0.700. The second kappa shape index (κ2) is 8.65. The third kappa shape index (κ3) is 5.21. The smallest absolute Gasteiger partial charge is 0.0189 e. The number of piperidine rings is 1. The van der Waals surface area contributed by atoms with E-state index in [9.17, 15) is 0 Å². The molecule has 1 rings (SSSR count). The van der Waals surface area contributed by atoms with E-state index >= 15 is 0 Å². The van der Waals surface area contributed by atoms with E-state index in [2.05, 4.69) is 63.8 Å². The SMILES string of the molecule is CCC(CN(CC)CCCC1(C)CCCC(C)(C)N1C)NC. The van der Waals surface area contributed by atoms with Gasteiger partial charge in [-0.2, -0.15) is 0 Å². The summed E-state index contributed by atoms with van der Waals surface area (Å²) in [6.45, 7) is 15.4. The van der Waals surface area contributed by atoms with Crippen LogP contribution in [0.25, 0.3) is 0 Å². The van der Waals surface area contributed by atoms with Crippen LogP contribution in [-0.2, 0) is 0 Å². The molecule has 2 unspecified atom stereocenters. The molecule has 3 nitrogen and oxygen atoms in total. The summed E-state index contributed by atoms with van der Waals surface area (Å²) in [6.07, 6.45) is 7.91. The van der Waals surface area contributed by atoms with Crippen LogP contribution in [-0.4, -0.2) is 60.6 Å². The van der Waals surface area contributed by atoms with Crippen LogP contribution in [0.15, 0.2) is 0 Å². The van der Waals surface area contributed by atoms with Crippen LogP contribution >= 0.6 is 0 Å². The van der Waals surface area contributed by atoms with Crippen molar-refractivity contribution in [1.82, 2.24) is 15.1 Å². The van der Waals surface area contributed by atoms with Crippen molar-refractivity contribution in [1.29, 1.82) is 0 Å². The minimum atomic E-state index is 0.358. The van der Waals surface area contributed by atoms with Crippen LogP contribution in [0.2, 0.25) is 0 Å². The van der Waals surface area contributed by atoms with Gasteiger partial charge >= 0.3 is 0 Å². The zero-order valence-electron chi connectivity index (χ0n) is 16.3. The molecule has 22 heavy (non-hydrogen) atoms. The van der Waals surface area contributed by atoms with Gasteiger partial charge in [0.1, 0.15) is 0 Å². The van der Waals surface area contributed by atoms with Crippen LogP contribution in [0, 0.1) is 0 Å². The van der Waals surface area contributed by atoms with E-state index in [4.69, 9.17) is 0 Å². The van der Waals surface area contributed by atoms with Crippen LogP contribution in [0.4, 0.5) is 0 Å². The fourth-order valence-electron chi connectivity index (χ4n) is 4.06. The van der Waals surface area contributed by atoms with Crippen molar-refractivity contribution in [3.05, 3.63) is 0 Å². The van der Waals surface area contributed by atoms with Gasteiger partial charge in [0.25, 0.3) is 0 Å². The summed E-state index contributed by atoms with van der Waals surface area (Å²) >= 11 is 0. The molecule has 0 aromatic carbocycles. The maximum absolute atomic E-state index is 3.43. The Morgan fingerprint density at radius 3 is 2.41 bits per heavy atom. The van der Waals surface area contributed by atoms with E-state index in [-0.39, 0.29) is 0 Å². The van der Waals surface area contributed by atoms with E-state index in [1.807, 2.05) is 0 Å². The molecular formula is C19H41N3. The Labute approximate surface area is 139 Å². The zero-order chi connectivity index (χ0) is 16.8. The van der Waals surface area contributed by atoms with Gasteiger partial charge in [-0.15, -0.1) is 0 Å². The molecule has 1 fully saturated rings. The molecule has 1 saturated heterocycles. The number of hydrogen-bond donors (Lipinski definition) is 1. The minimum absolute atomic E-state index is 0.358. The third-order valence-corrected chi connectivity index (χ3v) is 6.24. The molecule has 132 valence electrons. The van der Waals surface area contributed by atoms with Gasteiger partial charge in [0.15, 0.2) is 0 Å². The highest BCUT2D eigenvalue weighted by Gasteiger charge is 2.40. The predicted molar refractivity (Wildman–Crippen MR) is 98.6 cm³/mol. The number of rotatable bonds is 9. The maximum atomic E-state index is 3.43. The summed E-state index contributed by atoms with van der Waals surface area (Å²) in [5.74, 6) is 0. The normalized spacial score (nSPS) is 27.3. The Bertz CT molecular complexity index is 312. The van der Waals surface area contributed by atoms with Gasteiger partial charge < -0.3 is 10.2 Å². The average molecular weight is 312 g/mol. The summed E-state index contributed by atoms with van der Waals surface area (Å²) in [4.78, 5) is 5.27. The molecule has 0 aromatic heterocycles. The van der Waals surface area contributed by atoms with Crippen LogP contribution in [0.1, 0.15) is 73.1 Å². The zero-order valence-corrected chi connectivity index (χ0v) is 16.3. The van der Waals surface area contributed by atoms with Gasteiger partial charge in [-0.05, 0) is 86.5 Å². The van der Waals surface area contributed by atoms with Crippen molar-refractivity contribution >= 4 is 0 Å². The maximum Gasteiger partial charge on any atom is 0.0189 e. The van der Waals surface area contributed by atoms with E-state index in [1.54, 1.807) is 0 Å². The minimum Gasteiger partial charge on any atom is -0.316 e. The van der Waals surface area contributed by atoms with Crippen LogP contribution in [0.5, 0.6) is 0 Å². The molecule has 0 bridgehead atoms. The van der Waals surface area contributed by atoms with Crippen molar-refractivity contribution < 1.29 is 0 Å². The van der Waals surface area contributed by atoms with Crippen molar-refractivity contribution in [2.24, 2.45) is 0 Å². The summed E-state index contributed by atoms with van der Waals surface area (Å²) < 4.78 is 0. The Balaban J connectivity index is 2.47. The van der Waals surface area contributed by atoms with Gasteiger partial charge in [0.2, 0.25) is 0 Å². The van der Waals surface area contributed by atoms with Crippen molar-refractivity contribution in [2.75, 3.05) is 33.7 Å². The van der Waals surface area contributed by atoms with Crippen LogP contribution < -0.4 is 5.32 Å². The number of likely N-dealkylation sites (tertiary alicyclic amines) is 1. The van der Waals surface area contributed by atoms with E-state index in [0.29, 0.717) is 17.1 Å². The second-order valence-corrected chi connectivity index (χ2v) is 8.11. The molecule has 0 amide bonds. The number of nitrogens with zero attached hydrogens (tertiary/aromatic N) is 2. The fourth-order valence-corrected chi connectivity index (χ4v) is 4.06. The van der Waals surface area contributed by atoms with Gasteiger partial charge in [-0.1, -0.05) is 13.8 Å². The van der Waals surface area contributed by atoms with Crippen LogP contribution in [0.3, 0.4) is 0 Å². The molecule has 1 N–H and O–H groups in total.